The molecule has 1 aliphatic rings. The van der Waals surface area contributed by atoms with E-state index >= 15 is 0 Å². The van der Waals surface area contributed by atoms with Gasteiger partial charge in [-0.3, -0.25) is 24.4 Å². The normalized spacial score (nSPS) is 12.8. The molecule has 256 valence electrons. The van der Waals surface area contributed by atoms with Gasteiger partial charge in [-0.25, -0.2) is 28.0 Å². The van der Waals surface area contributed by atoms with Crippen molar-refractivity contribution < 1.29 is 28.0 Å². The SMILES string of the molecule is CC#N.CC1(C)C(=O)N(Cl)C(=O)N1Cl.Cc1ccc(-c2nc(C=O)c(Cl)c(N)c2F)cn1.Cc1ccc(-c2nc(C=O)cc(N)c2F)cn1. The van der Waals surface area contributed by atoms with Crippen LogP contribution in [0.1, 0.15) is 53.1 Å². The minimum Gasteiger partial charge on any atom is -0.396 e. The van der Waals surface area contributed by atoms with Gasteiger partial charge in [-0.1, -0.05) is 11.6 Å². The van der Waals surface area contributed by atoms with Crippen LogP contribution in [-0.4, -0.2) is 58.8 Å². The molecule has 0 atom stereocenters. The largest absolute Gasteiger partial charge is 0.396 e. The molecular weight excluding hydrogens is 707 g/mol. The molecule has 0 radical (unpaired) electrons. The molecule has 0 aromatic carbocycles. The summed E-state index contributed by atoms with van der Waals surface area (Å²) in [6.45, 7) is 8.09. The third-order valence-corrected chi connectivity index (χ3v) is 7.54. The van der Waals surface area contributed by atoms with Crippen molar-refractivity contribution in [1.29, 1.82) is 5.26 Å². The molecule has 0 spiro atoms. The topological polar surface area (TPSA) is 202 Å². The Hall–Kier alpha value is -5.30. The number of hydrogen-bond donors (Lipinski definition) is 2. The summed E-state index contributed by atoms with van der Waals surface area (Å²) in [6, 6.07) is 9.02. The van der Waals surface area contributed by atoms with Gasteiger partial charge in [-0.15, -0.1) is 0 Å². The molecule has 4 aromatic rings. The summed E-state index contributed by atoms with van der Waals surface area (Å²) >= 11 is 16.5. The number of aromatic nitrogens is 4. The third-order valence-electron chi connectivity index (χ3n) is 6.27. The number of nitrogens with two attached hydrogens (primary N) is 2. The molecule has 1 saturated heterocycles. The van der Waals surface area contributed by atoms with Crippen molar-refractivity contribution >= 4 is 71.0 Å². The number of urea groups is 1. The average molecular weight is 735 g/mol. The van der Waals surface area contributed by atoms with Crippen LogP contribution in [0.4, 0.5) is 25.0 Å². The molecule has 0 unspecified atom stereocenters. The Morgan fingerprint density at radius 1 is 0.898 bits per heavy atom. The Morgan fingerprint density at radius 3 is 1.73 bits per heavy atom. The van der Waals surface area contributed by atoms with Gasteiger partial charge in [0.05, 0.1) is 22.5 Å². The minimum absolute atomic E-state index is 0.0356. The molecular formula is C31H28Cl3F2N9O4. The molecule has 0 saturated carbocycles. The van der Waals surface area contributed by atoms with Crippen LogP contribution in [0.15, 0.2) is 42.7 Å². The number of nitrogens with zero attached hydrogens (tertiary/aromatic N) is 7. The second-order valence-electron chi connectivity index (χ2n) is 10.2. The van der Waals surface area contributed by atoms with Crippen LogP contribution in [0.2, 0.25) is 5.02 Å². The molecule has 5 rings (SSSR count). The molecule has 1 aliphatic heterocycles. The lowest BCUT2D eigenvalue weighted by Crippen LogP contribution is -2.38. The number of amides is 3. The van der Waals surface area contributed by atoms with E-state index < -0.39 is 29.1 Å². The fourth-order valence-electron chi connectivity index (χ4n) is 3.61. The Bertz CT molecular complexity index is 1910. The summed E-state index contributed by atoms with van der Waals surface area (Å²) in [5, 5.41) is 7.14. The zero-order valence-corrected chi connectivity index (χ0v) is 28.8. The summed E-state index contributed by atoms with van der Waals surface area (Å²) in [7, 11) is 0. The van der Waals surface area contributed by atoms with Gasteiger partial charge in [0.1, 0.15) is 28.3 Å². The lowest BCUT2D eigenvalue weighted by molar-refractivity contribution is -0.127. The number of nitriles is 1. The fourth-order valence-corrected chi connectivity index (χ4v) is 4.25. The first-order valence-corrected chi connectivity index (χ1v) is 14.7. The number of carbonyl (C=O) groups is 4. The quantitative estimate of drug-likeness (QED) is 0.132. The molecule has 49 heavy (non-hydrogen) atoms. The van der Waals surface area contributed by atoms with Crippen LogP contribution in [0.25, 0.3) is 22.5 Å². The molecule has 0 bridgehead atoms. The first-order chi connectivity index (χ1) is 23.0. The zero-order valence-electron chi connectivity index (χ0n) is 26.5. The van der Waals surface area contributed by atoms with Crippen LogP contribution in [0, 0.1) is 36.8 Å². The number of hydrogen-bond acceptors (Lipinski definition) is 11. The van der Waals surface area contributed by atoms with Crippen molar-refractivity contribution in [3.63, 3.8) is 0 Å². The number of aryl methyl sites for hydroxylation is 2. The molecule has 1 fully saturated rings. The van der Waals surface area contributed by atoms with Crippen LogP contribution >= 0.6 is 35.2 Å². The monoisotopic (exact) mass is 733 g/mol. The molecule has 18 heteroatoms. The maximum atomic E-state index is 13.9. The maximum absolute atomic E-state index is 13.9. The number of imide groups is 1. The number of aldehydes is 2. The highest BCUT2D eigenvalue weighted by atomic mass is 35.5. The van der Waals surface area contributed by atoms with Gasteiger partial charge in [0.15, 0.2) is 24.2 Å². The van der Waals surface area contributed by atoms with E-state index in [2.05, 4.69) is 19.9 Å². The number of pyridine rings is 4. The van der Waals surface area contributed by atoms with Crippen LogP contribution in [0.3, 0.4) is 0 Å². The molecule has 5 heterocycles. The van der Waals surface area contributed by atoms with Gasteiger partial charge in [0.25, 0.3) is 5.91 Å². The van der Waals surface area contributed by atoms with Gasteiger partial charge in [-0.05, 0) is 58.0 Å². The first kappa shape index (κ1) is 39.9. The third kappa shape index (κ3) is 9.41. The average Bonchev–Trinajstić information content (AvgIpc) is 3.21. The van der Waals surface area contributed by atoms with E-state index in [-0.39, 0.29) is 39.2 Å². The smallest absolute Gasteiger partial charge is 0.357 e. The van der Waals surface area contributed by atoms with Gasteiger partial charge >= 0.3 is 6.03 Å². The Morgan fingerprint density at radius 2 is 1.39 bits per heavy atom. The Balaban J connectivity index is 0.000000251. The van der Waals surface area contributed by atoms with Crippen LogP contribution < -0.4 is 11.5 Å². The van der Waals surface area contributed by atoms with Crippen molar-refractivity contribution in [2.75, 3.05) is 11.5 Å². The Labute approximate surface area is 294 Å². The zero-order chi connectivity index (χ0) is 37.2. The van der Waals surface area contributed by atoms with Crippen molar-refractivity contribution in [3.8, 4) is 28.6 Å². The standard InChI is InChI=1S/C12H9ClFN3O.C12H10FN3O.C5H6Cl2N2O2.C2H3N/c1-6-2-3-7(4-16-6)12-10(14)11(15)9(13)8(5-18)17-12;1-7-2-3-8(5-15-7)12-11(13)10(14)4-9(6-17)16-12;1-5(2)3(10)8(6)4(11)9(5)7;1-2-3/h2-5H,1H3,(H2,15,17);2-6H,1H3,(H2,14,16);1-2H3;1H3. The molecule has 0 aliphatic carbocycles. The second kappa shape index (κ2) is 17.2. The summed E-state index contributed by atoms with van der Waals surface area (Å²) in [6.07, 6.45) is 3.92. The number of halogens is 5. The van der Waals surface area contributed by atoms with E-state index in [1.807, 2.05) is 6.92 Å². The number of nitrogen functional groups attached to an aromatic ring is 2. The fraction of sp³-hybridized carbons (Fsp3) is 0.194. The van der Waals surface area contributed by atoms with Gasteiger partial charge in [-0.2, -0.15) is 9.68 Å². The second-order valence-corrected chi connectivity index (χ2v) is 11.3. The molecule has 3 amide bonds. The van der Waals surface area contributed by atoms with Crippen molar-refractivity contribution in [2.45, 2.75) is 40.2 Å². The highest BCUT2D eigenvalue weighted by Crippen LogP contribution is 2.32. The van der Waals surface area contributed by atoms with E-state index in [9.17, 15) is 28.0 Å². The highest BCUT2D eigenvalue weighted by molar-refractivity contribution is 6.39. The maximum Gasteiger partial charge on any atom is 0.357 e. The van der Waals surface area contributed by atoms with Crippen molar-refractivity contribution in [3.05, 3.63) is 82.2 Å². The van der Waals surface area contributed by atoms with Crippen molar-refractivity contribution in [1.82, 2.24) is 28.8 Å². The van der Waals surface area contributed by atoms with E-state index in [1.54, 1.807) is 37.3 Å². The summed E-state index contributed by atoms with van der Waals surface area (Å²) in [5.74, 6) is -1.91. The minimum atomic E-state index is -1.04. The van der Waals surface area contributed by atoms with Crippen LogP contribution in [0.5, 0.6) is 0 Å². The van der Waals surface area contributed by atoms with E-state index in [4.69, 9.17) is 51.9 Å². The van der Waals surface area contributed by atoms with E-state index in [1.165, 1.54) is 39.2 Å². The highest BCUT2D eigenvalue weighted by Gasteiger charge is 2.51. The molecule has 4 aromatic heterocycles. The lowest BCUT2D eigenvalue weighted by atomic mass is 10.1. The number of carbonyl (C=O) groups excluding carboxylic acids is 4. The number of rotatable bonds is 4. The number of anilines is 2. The predicted octanol–water partition coefficient (Wildman–Crippen LogP) is 6.49. The molecule has 13 nitrogen and oxygen atoms in total. The van der Waals surface area contributed by atoms with E-state index in [0.717, 1.165) is 15.8 Å². The van der Waals surface area contributed by atoms with E-state index in [0.29, 0.717) is 28.1 Å². The van der Waals surface area contributed by atoms with Gasteiger partial charge in [0.2, 0.25) is 0 Å². The lowest BCUT2D eigenvalue weighted by Gasteiger charge is -2.18. The summed E-state index contributed by atoms with van der Waals surface area (Å²) in [4.78, 5) is 59.3. The van der Waals surface area contributed by atoms with Gasteiger partial charge < -0.3 is 11.5 Å². The Kier molecular flexibility index (Phi) is 14.0. The molecule has 4 N–H and O–H groups in total. The van der Waals surface area contributed by atoms with Crippen LogP contribution in [-0.2, 0) is 4.79 Å². The summed E-state index contributed by atoms with van der Waals surface area (Å²) in [5.41, 5.74) is 12.1. The van der Waals surface area contributed by atoms with Gasteiger partial charge in [0, 0.05) is 65.4 Å². The predicted molar refractivity (Wildman–Crippen MR) is 180 cm³/mol. The summed E-state index contributed by atoms with van der Waals surface area (Å²) < 4.78 is 29.0. The first-order valence-electron chi connectivity index (χ1n) is 13.6. The van der Waals surface area contributed by atoms with Crippen molar-refractivity contribution in [2.24, 2.45) is 0 Å².